The first kappa shape index (κ1) is 10.6. The van der Waals surface area contributed by atoms with Gasteiger partial charge in [0.05, 0.1) is 5.36 Å². The number of fused-ring (bicyclic) bond motifs is 1. The predicted octanol–water partition coefficient (Wildman–Crippen LogP) is -1.83. The molecule has 2 N–H and O–H groups in total. The highest BCUT2D eigenvalue weighted by Crippen LogP contribution is 1.81. The maximum Gasteiger partial charge on any atom is 0.482 e. The van der Waals surface area contributed by atoms with Gasteiger partial charge >= 0.3 is 7.69 Å². The highest BCUT2D eigenvalue weighted by molar-refractivity contribution is 6.13. The number of carbonyl (C=O) groups is 1. The van der Waals surface area contributed by atoms with Gasteiger partial charge in [0.15, 0.2) is 5.78 Å². The lowest BCUT2D eigenvalue weighted by atomic mass is 10.2. The van der Waals surface area contributed by atoms with Crippen LogP contribution in [-0.2, 0) is 4.79 Å². The topological polar surface area (TPSA) is 69.9 Å². The lowest BCUT2D eigenvalue weighted by Crippen LogP contribution is -2.30. The molecule has 2 rings (SSSR count). The molecule has 5 heteroatoms. The third-order valence-electron chi connectivity index (χ3n) is 1.66. The van der Waals surface area contributed by atoms with Gasteiger partial charge in [0.2, 0.25) is 0 Å². The molecule has 0 saturated heterocycles. The summed E-state index contributed by atoms with van der Waals surface area (Å²) in [6.45, 7) is 0.303. The van der Waals surface area contributed by atoms with Crippen LogP contribution in [0.25, 0.3) is 6.08 Å². The molecule has 0 aromatic heterocycles. The fourth-order valence-electron chi connectivity index (χ4n) is 1.14. The second kappa shape index (κ2) is 5.31. The van der Waals surface area contributed by atoms with Gasteiger partial charge in [0.1, 0.15) is 6.54 Å². The van der Waals surface area contributed by atoms with E-state index in [2.05, 4.69) is 4.99 Å². The van der Waals surface area contributed by atoms with Crippen molar-refractivity contribution >= 4 is 19.5 Å². The number of hydrogen-bond acceptors (Lipinski definition) is 4. The Hall–Kier alpha value is -1.46. The lowest BCUT2D eigenvalue weighted by molar-refractivity contribution is -0.112. The highest BCUT2D eigenvalue weighted by atomic mass is 16.4. The summed E-state index contributed by atoms with van der Waals surface area (Å²) in [7, 11) is 0. The van der Waals surface area contributed by atoms with Crippen molar-refractivity contribution in [3.05, 3.63) is 34.8 Å². The van der Waals surface area contributed by atoms with E-state index in [0.29, 0.717) is 6.54 Å². The molecule has 1 heterocycles. The van der Waals surface area contributed by atoms with Gasteiger partial charge in [-0.15, -0.1) is 0 Å². The molecular formula is C9H9BNO3. The molecule has 4 nitrogen and oxygen atoms in total. The molecule has 71 valence electrons. The van der Waals surface area contributed by atoms with Gasteiger partial charge in [0.25, 0.3) is 0 Å². The van der Waals surface area contributed by atoms with Crippen molar-refractivity contribution < 1.29 is 14.8 Å². The van der Waals surface area contributed by atoms with Crippen molar-refractivity contribution in [1.29, 1.82) is 0 Å². The van der Waals surface area contributed by atoms with Crippen LogP contribution in [0.1, 0.15) is 0 Å². The lowest BCUT2D eigenvalue weighted by Gasteiger charge is -1.96. The zero-order valence-corrected chi connectivity index (χ0v) is 7.42. The Morgan fingerprint density at radius 3 is 2.64 bits per heavy atom. The van der Waals surface area contributed by atoms with E-state index in [4.69, 9.17) is 10.0 Å². The van der Waals surface area contributed by atoms with Gasteiger partial charge < -0.3 is 10.0 Å². The number of nitrogens with zero attached hydrogens (tertiary/aromatic N) is 1. The van der Waals surface area contributed by atoms with Gasteiger partial charge in [-0.2, -0.15) is 0 Å². The number of Topliss-reactive ketones (excluding diaryl/α,β-unsaturated/α-hetero) is 1. The molecule has 1 aliphatic rings. The number of benzene rings is 1. The van der Waals surface area contributed by atoms with Gasteiger partial charge in [-0.3, -0.25) is 9.79 Å². The van der Waals surface area contributed by atoms with E-state index in [1.807, 2.05) is 24.3 Å². The summed E-state index contributed by atoms with van der Waals surface area (Å²) >= 11 is 0. The average Bonchev–Trinajstić information content (AvgIpc) is 2.19. The summed E-state index contributed by atoms with van der Waals surface area (Å²) in [5.74, 6) is 0.0868. The van der Waals surface area contributed by atoms with Crippen LogP contribution in [0.4, 0.5) is 0 Å². The number of carbonyl (C=O) groups excluding carboxylic acids is 1. The Labute approximate surface area is 81.5 Å². The van der Waals surface area contributed by atoms with Crippen molar-refractivity contribution in [1.82, 2.24) is 0 Å². The van der Waals surface area contributed by atoms with Gasteiger partial charge in [0, 0.05) is 5.22 Å². The number of para-hydroxylation sites is 1. The minimum Gasteiger partial charge on any atom is -0.429 e. The normalized spacial score (nSPS) is 12.6. The second-order valence-electron chi connectivity index (χ2n) is 2.60. The largest absolute Gasteiger partial charge is 0.482 e. The molecule has 0 aliphatic carbocycles. The van der Waals surface area contributed by atoms with Gasteiger partial charge in [-0.25, -0.2) is 0 Å². The van der Waals surface area contributed by atoms with Crippen molar-refractivity contribution in [3.63, 3.8) is 0 Å². The Kier molecular flexibility index (Phi) is 4.03. The molecule has 0 unspecified atom stereocenters. The van der Waals surface area contributed by atoms with Crippen LogP contribution < -0.4 is 10.6 Å². The van der Waals surface area contributed by atoms with E-state index < -0.39 is 0 Å². The van der Waals surface area contributed by atoms with E-state index in [9.17, 15) is 4.79 Å². The Morgan fingerprint density at radius 1 is 1.29 bits per heavy atom. The van der Waals surface area contributed by atoms with Crippen LogP contribution in [0.3, 0.4) is 0 Å². The highest BCUT2D eigenvalue weighted by Gasteiger charge is 1.99. The van der Waals surface area contributed by atoms with Crippen LogP contribution in [0, 0.1) is 0 Å². The van der Waals surface area contributed by atoms with E-state index in [1.165, 1.54) is 0 Å². The van der Waals surface area contributed by atoms with Crippen LogP contribution >= 0.6 is 0 Å². The third kappa shape index (κ3) is 2.79. The first-order valence-corrected chi connectivity index (χ1v) is 4.02. The predicted molar refractivity (Wildman–Crippen MR) is 51.8 cm³/mol. The Morgan fingerprint density at radius 2 is 1.93 bits per heavy atom. The number of rotatable bonds is 0. The minimum atomic E-state index is 0. The quantitative estimate of drug-likeness (QED) is 0.473. The molecule has 1 aromatic rings. The SMILES string of the molecule is O=C1C=c2ccccc2=NC1.O[B]O. The van der Waals surface area contributed by atoms with E-state index in [1.54, 1.807) is 6.08 Å². The fourth-order valence-corrected chi connectivity index (χ4v) is 1.14. The smallest absolute Gasteiger partial charge is 0.429 e. The molecule has 0 amide bonds. The van der Waals surface area contributed by atoms with E-state index in [-0.39, 0.29) is 13.5 Å². The molecule has 0 atom stereocenters. The average molecular weight is 190 g/mol. The molecule has 0 fully saturated rings. The van der Waals surface area contributed by atoms with Crippen molar-refractivity contribution in [2.24, 2.45) is 4.99 Å². The number of hydrogen-bond donors (Lipinski definition) is 2. The minimum absolute atomic E-state index is 0. The molecule has 1 radical (unpaired) electrons. The fraction of sp³-hybridized carbons (Fsp3) is 0.111. The zero-order valence-electron chi connectivity index (χ0n) is 7.42. The molecule has 1 aromatic carbocycles. The first-order chi connectivity index (χ1) is 6.77. The standard InChI is InChI=1S/C9H7NO.BH2O2/c11-8-5-7-3-1-2-4-9(7)10-6-8;2-1-3/h1-5H,6H2;2-3H. The van der Waals surface area contributed by atoms with Crippen LogP contribution in [0.15, 0.2) is 29.3 Å². The van der Waals surface area contributed by atoms with Gasteiger partial charge in [-0.1, -0.05) is 18.2 Å². The van der Waals surface area contributed by atoms with Gasteiger partial charge in [-0.05, 0) is 12.1 Å². The molecular weight excluding hydrogens is 181 g/mol. The Balaban J connectivity index is 0.000000293. The second-order valence-corrected chi connectivity index (χ2v) is 2.60. The van der Waals surface area contributed by atoms with Crippen LogP contribution in [0.5, 0.6) is 0 Å². The molecule has 0 saturated carbocycles. The molecule has 0 spiro atoms. The van der Waals surface area contributed by atoms with Crippen molar-refractivity contribution in [3.8, 4) is 0 Å². The zero-order chi connectivity index (χ0) is 10.4. The summed E-state index contributed by atoms with van der Waals surface area (Å²) in [6.07, 6.45) is 1.64. The van der Waals surface area contributed by atoms with Crippen molar-refractivity contribution in [2.75, 3.05) is 6.54 Å². The summed E-state index contributed by atoms with van der Waals surface area (Å²) in [5.41, 5.74) is 0. The molecule has 14 heavy (non-hydrogen) atoms. The summed E-state index contributed by atoms with van der Waals surface area (Å²) in [6, 6.07) is 7.64. The van der Waals surface area contributed by atoms with Crippen LogP contribution in [0.2, 0.25) is 0 Å². The molecule has 0 bridgehead atoms. The monoisotopic (exact) mass is 190 g/mol. The third-order valence-corrected chi connectivity index (χ3v) is 1.66. The summed E-state index contributed by atoms with van der Waals surface area (Å²) in [4.78, 5) is 15.0. The molecule has 1 aliphatic heterocycles. The van der Waals surface area contributed by atoms with Crippen LogP contribution in [-0.4, -0.2) is 30.1 Å². The first-order valence-electron chi connectivity index (χ1n) is 4.02. The Bertz CT molecular complexity index is 430. The van der Waals surface area contributed by atoms with E-state index in [0.717, 1.165) is 10.6 Å². The maximum atomic E-state index is 10.9. The summed E-state index contributed by atoms with van der Waals surface area (Å²) in [5, 5.41) is 15.9. The number of ketones is 1. The maximum absolute atomic E-state index is 10.9. The van der Waals surface area contributed by atoms with E-state index >= 15 is 0 Å². The summed E-state index contributed by atoms with van der Waals surface area (Å²) < 4.78 is 0. The van der Waals surface area contributed by atoms with Crippen molar-refractivity contribution in [2.45, 2.75) is 0 Å².